The minimum Gasteiger partial charge on any atom is -0.478 e. The normalized spacial score (nSPS) is 17.7. The Labute approximate surface area is 96.3 Å². The fourth-order valence-electron chi connectivity index (χ4n) is 1.66. The second kappa shape index (κ2) is 3.51. The standard InChI is InChI=1S/C13H18N2O/c1-8(2)9-5-6-11-10(7-9)15-12(14)13(3,4)16-11/h5-8H,1-4H3,(H2,14,15). The Balaban J connectivity index is 2.47. The summed E-state index contributed by atoms with van der Waals surface area (Å²) in [6.45, 7) is 8.15. The van der Waals surface area contributed by atoms with Gasteiger partial charge in [0, 0.05) is 0 Å². The van der Waals surface area contributed by atoms with E-state index in [1.54, 1.807) is 0 Å². The Kier molecular flexibility index (Phi) is 2.41. The van der Waals surface area contributed by atoms with Gasteiger partial charge in [-0.2, -0.15) is 0 Å². The van der Waals surface area contributed by atoms with Crippen molar-refractivity contribution in [1.82, 2.24) is 0 Å². The van der Waals surface area contributed by atoms with Gasteiger partial charge in [-0.05, 0) is 37.5 Å². The first kappa shape index (κ1) is 11.0. The summed E-state index contributed by atoms with van der Waals surface area (Å²) in [5.41, 5.74) is 7.46. The van der Waals surface area contributed by atoms with Crippen LogP contribution in [0.2, 0.25) is 0 Å². The van der Waals surface area contributed by atoms with Crippen molar-refractivity contribution in [3.05, 3.63) is 23.8 Å². The van der Waals surface area contributed by atoms with Gasteiger partial charge in [0.2, 0.25) is 0 Å². The number of nitrogens with two attached hydrogens (primary N) is 1. The van der Waals surface area contributed by atoms with Crippen LogP contribution in [0.5, 0.6) is 5.75 Å². The highest BCUT2D eigenvalue weighted by Crippen LogP contribution is 2.37. The maximum atomic E-state index is 5.88. The molecule has 0 aliphatic carbocycles. The Morgan fingerprint density at radius 2 is 2.00 bits per heavy atom. The van der Waals surface area contributed by atoms with E-state index in [1.807, 2.05) is 26.0 Å². The molecular formula is C13H18N2O. The lowest BCUT2D eigenvalue weighted by atomic mass is 10.0. The lowest BCUT2D eigenvalue weighted by Crippen LogP contribution is -2.45. The number of nitrogens with zero attached hydrogens (tertiary/aromatic N) is 1. The van der Waals surface area contributed by atoms with E-state index in [0.717, 1.165) is 11.4 Å². The van der Waals surface area contributed by atoms with Gasteiger partial charge in [0.05, 0.1) is 0 Å². The second-order valence-electron chi connectivity index (χ2n) is 4.99. The molecule has 0 aromatic heterocycles. The number of benzene rings is 1. The van der Waals surface area contributed by atoms with Crippen LogP contribution in [-0.2, 0) is 0 Å². The Bertz CT molecular complexity index is 447. The molecule has 1 aliphatic rings. The predicted octanol–water partition coefficient (Wildman–Crippen LogP) is 2.97. The number of rotatable bonds is 1. The van der Waals surface area contributed by atoms with E-state index in [1.165, 1.54) is 5.56 Å². The highest BCUT2D eigenvalue weighted by Gasteiger charge is 2.30. The van der Waals surface area contributed by atoms with E-state index in [-0.39, 0.29) is 0 Å². The van der Waals surface area contributed by atoms with Crippen molar-refractivity contribution < 1.29 is 4.74 Å². The molecule has 0 amide bonds. The van der Waals surface area contributed by atoms with Crippen LogP contribution in [0.15, 0.2) is 23.2 Å². The van der Waals surface area contributed by atoms with Crippen LogP contribution in [0, 0.1) is 0 Å². The van der Waals surface area contributed by atoms with Gasteiger partial charge in [-0.25, -0.2) is 4.99 Å². The van der Waals surface area contributed by atoms with Crippen LogP contribution in [0.25, 0.3) is 0 Å². The summed E-state index contributed by atoms with van der Waals surface area (Å²) in [6.07, 6.45) is 0. The van der Waals surface area contributed by atoms with Gasteiger partial charge in [-0.1, -0.05) is 19.9 Å². The number of hydrogen-bond donors (Lipinski definition) is 1. The summed E-state index contributed by atoms with van der Waals surface area (Å²) in [5, 5.41) is 0. The van der Waals surface area contributed by atoms with Crippen LogP contribution >= 0.6 is 0 Å². The van der Waals surface area contributed by atoms with E-state index in [0.29, 0.717) is 11.8 Å². The first-order chi connectivity index (χ1) is 7.40. The van der Waals surface area contributed by atoms with Crippen molar-refractivity contribution >= 4 is 11.5 Å². The molecule has 1 aliphatic heterocycles. The molecule has 1 aromatic carbocycles. The number of aliphatic imine (C=N–C) groups is 1. The maximum Gasteiger partial charge on any atom is 0.160 e. The molecule has 0 unspecified atom stereocenters. The number of hydrogen-bond acceptors (Lipinski definition) is 3. The molecule has 0 fully saturated rings. The van der Waals surface area contributed by atoms with Crippen molar-refractivity contribution in [2.45, 2.75) is 39.2 Å². The van der Waals surface area contributed by atoms with Gasteiger partial charge in [0.15, 0.2) is 5.60 Å². The van der Waals surface area contributed by atoms with E-state index in [4.69, 9.17) is 10.5 Å². The molecule has 86 valence electrons. The zero-order valence-corrected chi connectivity index (χ0v) is 10.2. The molecule has 0 spiro atoms. The molecule has 0 atom stereocenters. The zero-order chi connectivity index (χ0) is 11.9. The van der Waals surface area contributed by atoms with Gasteiger partial charge in [0.25, 0.3) is 0 Å². The number of ether oxygens (including phenoxy) is 1. The molecule has 16 heavy (non-hydrogen) atoms. The van der Waals surface area contributed by atoms with E-state index in [2.05, 4.69) is 24.9 Å². The summed E-state index contributed by atoms with van der Waals surface area (Å²) in [7, 11) is 0. The minimum atomic E-state index is -0.508. The molecule has 3 nitrogen and oxygen atoms in total. The summed E-state index contributed by atoms with van der Waals surface area (Å²) < 4.78 is 5.81. The maximum absolute atomic E-state index is 5.88. The molecule has 0 radical (unpaired) electrons. The van der Waals surface area contributed by atoms with Crippen molar-refractivity contribution in [1.29, 1.82) is 0 Å². The molecule has 0 saturated carbocycles. The van der Waals surface area contributed by atoms with Crippen molar-refractivity contribution in [2.75, 3.05) is 0 Å². The summed E-state index contributed by atoms with van der Waals surface area (Å²) >= 11 is 0. The van der Waals surface area contributed by atoms with Crippen molar-refractivity contribution in [3.8, 4) is 5.75 Å². The minimum absolute atomic E-state index is 0.483. The van der Waals surface area contributed by atoms with Gasteiger partial charge < -0.3 is 10.5 Å². The predicted molar refractivity (Wildman–Crippen MR) is 66.5 cm³/mol. The summed E-state index contributed by atoms with van der Waals surface area (Å²) in [4.78, 5) is 4.41. The molecule has 0 saturated heterocycles. The SMILES string of the molecule is CC(C)c1ccc2c(c1)N=C(N)C(C)(C)O2. The molecule has 1 heterocycles. The Morgan fingerprint density at radius 3 is 2.62 bits per heavy atom. The van der Waals surface area contributed by atoms with Crippen LogP contribution in [-0.4, -0.2) is 11.4 Å². The molecule has 1 aromatic rings. The van der Waals surface area contributed by atoms with Crippen LogP contribution < -0.4 is 10.5 Å². The quantitative estimate of drug-likeness (QED) is 0.787. The zero-order valence-electron chi connectivity index (χ0n) is 10.2. The van der Waals surface area contributed by atoms with Crippen LogP contribution in [0.4, 0.5) is 5.69 Å². The van der Waals surface area contributed by atoms with Crippen molar-refractivity contribution in [3.63, 3.8) is 0 Å². The lowest BCUT2D eigenvalue weighted by molar-refractivity contribution is 0.177. The largest absolute Gasteiger partial charge is 0.478 e. The highest BCUT2D eigenvalue weighted by atomic mass is 16.5. The van der Waals surface area contributed by atoms with Crippen LogP contribution in [0.1, 0.15) is 39.2 Å². The van der Waals surface area contributed by atoms with Gasteiger partial charge in [-0.3, -0.25) is 0 Å². The topological polar surface area (TPSA) is 47.6 Å². The third kappa shape index (κ3) is 1.77. The average Bonchev–Trinajstić information content (AvgIpc) is 2.18. The van der Waals surface area contributed by atoms with Gasteiger partial charge in [-0.15, -0.1) is 0 Å². The Morgan fingerprint density at radius 1 is 1.31 bits per heavy atom. The van der Waals surface area contributed by atoms with E-state index < -0.39 is 5.60 Å². The number of fused-ring (bicyclic) bond motifs is 1. The fourth-order valence-corrected chi connectivity index (χ4v) is 1.66. The molecule has 2 rings (SSSR count). The summed E-state index contributed by atoms with van der Waals surface area (Å²) in [5.74, 6) is 1.82. The first-order valence-corrected chi connectivity index (χ1v) is 5.58. The third-order valence-electron chi connectivity index (χ3n) is 2.87. The monoisotopic (exact) mass is 218 g/mol. The van der Waals surface area contributed by atoms with Gasteiger partial charge in [0.1, 0.15) is 17.3 Å². The summed E-state index contributed by atoms with van der Waals surface area (Å²) in [6, 6.07) is 6.10. The fraction of sp³-hybridized carbons (Fsp3) is 0.462. The third-order valence-corrected chi connectivity index (χ3v) is 2.87. The number of amidine groups is 1. The lowest BCUT2D eigenvalue weighted by Gasteiger charge is -2.30. The highest BCUT2D eigenvalue weighted by molar-refractivity contribution is 5.93. The Hall–Kier alpha value is -1.51. The molecule has 0 bridgehead atoms. The van der Waals surface area contributed by atoms with E-state index in [9.17, 15) is 0 Å². The van der Waals surface area contributed by atoms with E-state index >= 15 is 0 Å². The molecule has 3 heteroatoms. The molecular weight excluding hydrogens is 200 g/mol. The first-order valence-electron chi connectivity index (χ1n) is 5.58. The molecule has 2 N–H and O–H groups in total. The van der Waals surface area contributed by atoms with Crippen molar-refractivity contribution in [2.24, 2.45) is 10.7 Å². The second-order valence-corrected chi connectivity index (χ2v) is 4.99. The van der Waals surface area contributed by atoms with Gasteiger partial charge >= 0.3 is 0 Å². The smallest absolute Gasteiger partial charge is 0.160 e. The van der Waals surface area contributed by atoms with Crippen LogP contribution in [0.3, 0.4) is 0 Å². The average molecular weight is 218 g/mol.